The third-order valence-corrected chi connectivity index (χ3v) is 7.91. The standard InChI is InChI=1S/C17H15F5N2O4S2/c18-11-3-5-15(14(19)7-11)23-12-4-6-16(13(8-12)17(20,21)22)30(27,28)24-29(25,26)9-10-1-2-10/h3-8,10,23-24H,1-2,9H2. The fraction of sp³-hybridized carbons (Fsp3) is 0.294. The SMILES string of the molecule is O=S(=O)(CC1CC1)NS(=O)(=O)c1ccc(Nc2ccc(F)cc2F)cc1C(F)(F)F. The Morgan fingerprint density at radius 3 is 2.20 bits per heavy atom. The highest BCUT2D eigenvalue weighted by Gasteiger charge is 2.39. The summed E-state index contributed by atoms with van der Waals surface area (Å²) in [5, 5.41) is 2.30. The molecule has 6 nitrogen and oxygen atoms in total. The molecule has 0 radical (unpaired) electrons. The molecule has 0 spiro atoms. The zero-order valence-electron chi connectivity index (χ0n) is 15.0. The van der Waals surface area contributed by atoms with E-state index in [-0.39, 0.29) is 17.3 Å². The minimum absolute atomic E-state index is 0.225. The van der Waals surface area contributed by atoms with Crippen LogP contribution < -0.4 is 9.44 Å². The number of hydrogen-bond donors (Lipinski definition) is 2. The van der Waals surface area contributed by atoms with Gasteiger partial charge in [0.15, 0.2) is 0 Å². The van der Waals surface area contributed by atoms with Crippen LogP contribution in [0.5, 0.6) is 0 Å². The van der Waals surface area contributed by atoms with E-state index in [1.807, 2.05) is 0 Å². The van der Waals surface area contributed by atoms with Crippen molar-refractivity contribution < 1.29 is 38.8 Å². The van der Waals surface area contributed by atoms with Gasteiger partial charge < -0.3 is 5.32 Å². The molecule has 1 fully saturated rings. The molecule has 0 bridgehead atoms. The van der Waals surface area contributed by atoms with Crippen molar-refractivity contribution in [2.24, 2.45) is 5.92 Å². The molecule has 1 aliphatic carbocycles. The third kappa shape index (κ3) is 5.46. The molecular weight excluding hydrogens is 455 g/mol. The van der Waals surface area contributed by atoms with Gasteiger partial charge in [-0.05, 0) is 49.1 Å². The molecule has 164 valence electrons. The molecule has 2 aromatic carbocycles. The molecule has 0 atom stereocenters. The van der Waals surface area contributed by atoms with Gasteiger partial charge in [0, 0.05) is 11.8 Å². The number of benzene rings is 2. The number of halogens is 5. The largest absolute Gasteiger partial charge is 0.417 e. The van der Waals surface area contributed by atoms with Crippen LogP contribution in [0.15, 0.2) is 41.3 Å². The maximum Gasteiger partial charge on any atom is 0.417 e. The molecule has 2 aromatic rings. The summed E-state index contributed by atoms with van der Waals surface area (Å²) in [7, 11) is -9.42. The lowest BCUT2D eigenvalue weighted by Crippen LogP contribution is -2.34. The summed E-state index contributed by atoms with van der Waals surface area (Å²) < 4.78 is 117. The zero-order chi connectivity index (χ0) is 22.3. The Kier molecular flexibility index (Phi) is 5.82. The van der Waals surface area contributed by atoms with Gasteiger partial charge in [-0.2, -0.15) is 13.2 Å². The number of rotatable bonds is 7. The molecule has 1 saturated carbocycles. The second-order valence-corrected chi connectivity index (χ2v) is 10.4. The van der Waals surface area contributed by atoms with E-state index < -0.39 is 54.1 Å². The van der Waals surface area contributed by atoms with E-state index in [0.29, 0.717) is 31.0 Å². The highest BCUT2D eigenvalue weighted by molar-refractivity contribution is 8.04. The highest BCUT2D eigenvalue weighted by atomic mass is 32.3. The van der Waals surface area contributed by atoms with Crippen LogP contribution >= 0.6 is 0 Å². The minimum Gasteiger partial charge on any atom is -0.353 e. The van der Waals surface area contributed by atoms with Gasteiger partial charge in [0.1, 0.15) is 11.6 Å². The van der Waals surface area contributed by atoms with Crippen LogP contribution in [-0.4, -0.2) is 22.6 Å². The average molecular weight is 470 g/mol. The number of nitrogens with one attached hydrogen (secondary N) is 2. The Morgan fingerprint density at radius 2 is 1.63 bits per heavy atom. The second-order valence-electron chi connectivity index (χ2n) is 6.77. The lowest BCUT2D eigenvalue weighted by Gasteiger charge is -2.16. The smallest absolute Gasteiger partial charge is 0.353 e. The molecule has 0 amide bonds. The first-order valence-electron chi connectivity index (χ1n) is 8.46. The van der Waals surface area contributed by atoms with Crippen LogP contribution in [0, 0.1) is 17.6 Å². The average Bonchev–Trinajstić information content (AvgIpc) is 3.38. The van der Waals surface area contributed by atoms with Crippen LogP contribution in [0.1, 0.15) is 18.4 Å². The summed E-state index contributed by atoms with van der Waals surface area (Å²) in [4.78, 5) is -1.29. The van der Waals surface area contributed by atoms with Crippen molar-refractivity contribution in [3.8, 4) is 0 Å². The van der Waals surface area contributed by atoms with Crippen LogP contribution in [0.3, 0.4) is 0 Å². The molecule has 0 heterocycles. The van der Waals surface area contributed by atoms with E-state index in [4.69, 9.17) is 0 Å². The van der Waals surface area contributed by atoms with Gasteiger partial charge >= 0.3 is 6.18 Å². The Labute approximate surface area is 169 Å². The predicted octanol–water partition coefficient (Wildman–Crippen LogP) is 3.75. The molecular formula is C17H15F5N2O4S2. The maximum absolute atomic E-state index is 13.7. The van der Waals surface area contributed by atoms with Gasteiger partial charge in [-0.15, -0.1) is 4.13 Å². The third-order valence-electron chi connectivity index (χ3n) is 4.17. The van der Waals surface area contributed by atoms with Crippen molar-refractivity contribution in [3.63, 3.8) is 0 Å². The first-order chi connectivity index (χ1) is 13.8. The van der Waals surface area contributed by atoms with Gasteiger partial charge in [0.05, 0.1) is 21.9 Å². The van der Waals surface area contributed by atoms with Gasteiger partial charge in [0.2, 0.25) is 10.0 Å². The van der Waals surface area contributed by atoms with Crippen LogP contribution in [-0.2, 0) is 26.2 Å². The van der Waals surface area contributed by atoms with E-state index in [1.54, 1.807) is 0 Å². The van der Waals surface area contributed by atoms with Gasteiger partial charge in [-0.25, -0.2) is 25.6 Å². The fourth-order valence-electron chi connectivity index (χ4n) is 2.65. The molecule has 13 heteroatoms. The highest BCUT2D eigenvalue weighted by Crippen LogP contribution is 2.37. The van der Waals surface area contributed by atoms with Crippen molar-refractivity contribution in [1.82, 2.24) is 4.13 Å². The first-order valence-corrected chi connectivity index (χ1v) is 11.6. The quantitative estimate of drug-likeness (QED) is 0.602. The van der Waals surface area contributed by atoms with Gasteiger partial charge in [-0.3, -0.25) is 0 Å². The second kappa shape index (κ2) is 7.78. The Morgan fingerprint density at radius 1 is 0.967 bits per heavy atom. The van der Waals surface area contributed by atoms with Crippen LogP contribution in [0.2, 0.25) is 0 Å². The monoisotopic (exact) mass is 470 g/mol. The number of sulfonamides is 2. The topological polar surface area (TPSA) is 92.3 Å². The molecule has 3 rings (SSSR count). The Bertz CT molecular complexity index is 1180. The van der Waals surface area contributed by atoms with Crippen molar-refractivity contribution in [2.45, 2.75) is 23.9 Å². The van der Waals surface area contributed by atoms with E-state index >= 15 is 0 Å². The molecule has 0 unspecified atom stereocenters. The molecule has 1 aliphatic rings. The van der Waals surface area contributed by atoms with Gasteiger partial charge in [0.25, 0.3) is 10.0 Å². The summed E-state index contributed by atoms with van der Waals surface area (Å²) in [6, 6.07) is 4.20. The zero-order valence-corrected chi connectivity index (χ0v) is 16.6. The van der Waals surface area contributed by atoms with E-state index in [0.717, 1.165) is 18.2 Å². The fourth-order valence-corrected chi connectivity index (χ4v) is 6.28. The molecule has 2 N–H and O–H groups in total. The maximum atomic E-state index is 13.7. The van der Waals surface area contributed by atoms with Crippen LogP contribution in [0.25, 0.3) is 0 Å². The number of alkyl halides is 3. The minimum atomic E-state index is -5.16. The lowest BCUT2D eigenvalue weighted by atomic mass is 10.2. The van der Waals surface area contributed by atoms with Crippen LogP contribution in [0.4, 0.5) is 33.3 Å². The van der Waals surface area contributed by atoms with Gasteiger partial charge in [-0.1, -0.05) is 0 Å². The normalized spacial score (nSPS) is 15.2. The Balaban J connectivity index is 1.96. The summed E-state index contributed by atoms with van der Waals surface area (Å²) in [6.45, 7) is 0. The van der Waals surface area contributed by atoms with Crippen molar-refractivity contribution in [2.75, 3.05) is 11.1 Å². The summed E-state index contributed by atoms with van der Waals surface area (Å²) in [5.41, 5.74) is -2.33. The molecule has 30 heavy (non-hydrogen) atoms. The lowest BCUT2D eigenvalue weighted by molar-refractivity contribution is -0.139. The van der Waals surface area contributed by atoms with E-state index in [1.165, 1.54) is 4.13 Å². The first kappa shape index (κ1) is 22.4. The molecule has 0 aliphatic heterocycles. The summed E-state index contributed by atoms with van der Waals surface area (Å²) in [5.74, 6) is -2.70. The van der Waals surface area contributed by atoms with Crippen molar-refractivity contribution in [3.05, 3.63) is 53.6 Å². The molecule has 0 saturated heterocycles. The number of anilines is 2. The van der Waals surface area contributed by atoms with E-state index in [9.17, 15) is 38.8 Å². The summed E-state index contributed by atoms with van der Waals surface area (Å²) in [6.07, 6.45) is -3.98. The number of hydrogen-bond acceptors (Lipinski definition) is 5. The van der Waals surface area contributed by atoms with Crippen molar-refractivity contribution >= 4 is 31.4 Å². The summed E-state index contributed by atoms with van der Waals surface area (Å²) >= 11 is 0. The van der Waals surface area contributed by atoms with E-state index in [2.05, 4.69) is 5.32 Å². The van der Waals surface area contributed by atoms with Crippen molar-refractivity contribution in [1.29, 1.82) is 0 Å². The molecule has 0 aromatic heterocycles. The predicted molar refractivity (Wildman–Crippen MR) is 97.9 cm³/mol. The Hall–Kier alpha value is -2.25.